The lowest BCUT2D eigenvalue weighted by atomic mass is 10.1. The predicted octanol–water partition coefficient (Wildman–Crippen LogP) is 1.81. The molecule has 0 radical (unpaired) electrons. The predicted molar refractivity (Wildman–Crippen MR) is 59.5 cm³/mol. The van der Waals surface area contributed by atoms with Crippen molar-refractivity contribution >= 4 is 0 Å². The average molecular weight is 195 g/mol. The Morgan fingerprint density at radius 2 is 2.07 bits per heavy atom. The van der Waals surface area contributed by atoms with Crippen molar-refractivity contribution in [1.82, 2.24) is 15.5 Å². The Bertz CT molecular complexity index is 257. The summed E-state index contributed by atoms with van der Waals surface area (Å²) >= 11 is 0. The maximum atomic E-state index is 4.18. The first-order valence-corrected chi connectivity index (χ1v) is 5.32. The lowest BCUT2D eigenvalue weighted by Gasteiger charge is -2.07. The third-order valence-corrected chi connectivity index (χ3v) is 2.39. The number of aromatic nitrogens is 2. The fourth-order valence-corrected chi connectivity index (χ4v) is 1.55. The summed E-state index contributed by atoms with van der Waals surface area (Å²) in [6, 6.07) is 0. The monoisotopic (exact) mass is 195 g/mol. The van der Waals surface area contributed by atoms with E-state index in [0.29, 0.717) is 0 Å². The molecule has 0 saturated carbocycles. The van der Waals surface area contributed by atoms with E-state index in [9.17, 15) is 0 Å². The highest BCUT2D eigenvalue weighted by Gasteiger charge is 2.04. The number of hydrogen-bond acceptors (Lipinski definition) is 2. The van der Waals surface area contributed by atoms with E-state index in [1.165, 1.54) is 11.3 Å². The molecule has 0 aliphatic carbocycles. The topological polar surface area (TPSA) is 40.7 Å². The molecule has 1 heterocycles. The van der Waals surface area contributed by atoms with Gasteiger partial charge in [0.1, 0.15) is 0 Å². The van der Waals surface area contributed by atoms with Gasteiger partial charge in [-0.15, -0.1) is 0 Å². The number of H-pyrrole nitrogens is 1. The summed E-state index contributed by atoms with van der Waals surface area (Å²) in [5, 5.41) is 10.6. The van der Waals surface area contributed by atoms with E-state index in [1.54, 1.807) is 0 Å². The molecule has 0 aliphatic rings. The summed E-state index contributed by atoms with van der Waals surface area (Å²) in [4.78, 5) is 0. The Labute approximate surface area is 86.3 Å². The summed E-state index contributed by atoms with van der Waals surface area (Å²) in [5.41, 5.74) is 3.70. The van der Waals surface area contributed by atoms with Gasteiger partial charge in [0.05, 0.1) is 5.69 Å². The molecule has 2 N–H and O–H groups in total. The summed E-state index contributed by atoms with van der Waals surface area (Å²) < 4.78 is 0. The van der Waals surface area contributed by atoms with Gasteiger partial charge in [0.2, 0.25) is 0 Å². The zero-order valence-electron chi connectivity index (χ0n) is 9.65. The zero-order chi connectivity index (χ0) is 10.6. The lowest BCUT2D eigenvalue weighted by molar-refractivity contribution is 0.554. The van der Waals surface area contributed by atoms with Crippen LogP contribution in [0.3, 0.4) is 0 Å². The molecule has 0 aliphatic heterocycles. The maximum Gasteiger partial charge on any atom is 0.0626 e. The standard InChI is InChI=1S/C11H21N3/c1-8(2)7-12-6-5-11-9(3)13-14-10(11)4/h8,12H,5-7H2,1-4H3,(H,13,14). The zero-order valence-corrected chi connectivity index (χ0v) is 9.65. The van der Waals surface area contributed by atoms with Crippen LogP contribution in [-0.4, -0.2) is 23.3 Å². The van der Waals surface area contributed by atoms with Crippen LogP contribution >= 0.6 is 0 Å². The SMILES string of the molecule is Cc1n[nH]c(C)c1CCNCC(C)C. The van der Waals surface area contributed by atoms with Crippen LogP contribution in [0.25, 0.3) is 0 Å². The largest absolute Gasteiger partial charge is 0.316 e. The van der Waals surface area contributed by atoms with Gasteiger partial charge < -0.3 is 5.32 Å². The third kappa shape index (κ3) is 3.14. The lowest BCUT2D eigenvalue weighted by Crippen LogP contribution is -2.22. The number of aryl methyl sites for hydroxylation is 2. The van der Waals surface area contributed by atoms with E-state index in [2.05, 4.69) is 43.2 Å². The minimum absolute atomic E-state index is 0.724. The summed E-state index contributed by atoms with van der Waals surface area (Å²) in [6.07, 6.45) is 1.07. The molecule has 0 saturated heterocycles. The van der Waals surface area contributed by atoms with Gasteiger partial charge in [0, 0.05) is 5.69 Å². The number of nitrogens with zero attached hydrogens (tertiary/aromatic N) is 1. The minimum atomic E-state index is 0.724. The smallest absolute Gasteiger partial charge is 0.0626 e. The van der Waals surface area contributed by atoms with E-state index >= 15 is 0 Å². The minimum Gasteiger partial charge on any atom is -0.316 e. The molecule has 80 valence electrons. The molecule has 1 aromatic heterocycles. The highest BCUT2D eigenvalue weighted by atomic mass is 15.1. The van der Waals surface area contributed by atoms with Crippen LogP contribution in [0.2, 0.25) is 0 Å². The molecule has 0 aromatic carbocycles. The fraction of sp³-hybridized carbons (Fsp3) is 0.727. The first-order chi connectivity index (χ1) is 6.61. The van der Waals surface area contributed by atoms with Crippen LogP contribution in [0.15, 0.2) is 0 Å². The van der Waals surface area contributed by atoms with Crippen molar-refractivity contribution in [3.8, 4) is 0 Å². The van der Waals surface area contributed by atoms with Crippen molar-refractivity contribution in [3.05, 3.63) is 17.0 Å². The second kappa shape index (κ2) is 5.15. The molecule has 0 fully saturated rings. The van der Waals surface area contributed by atoms with Crippen LogP contribution < -0.4 is 5.32 Å². The van der Waals surface area contributed by atoms with Crippen molar-refractivity contribution in [2.24, 2.45) is 5.92 Å². The quantitative estimate of drug-likeness (QED) is 0.704. The molecule has 3 nitrogen and oxygen atoms in total. The van der Waals surface area contributed by atoms with E-state index in [-0.39, 0.29) is 0 Å². The number of hydrogen-bond donors (Lipinski definition) is 2. The summed E-state index contributed by atoms with van der Waals surface area (Å²) in [6.45, 7) is 10.7. The Morgan fingerprint density at radius 3 is 2.57 bits per heavy atom. The van der Waals surface area contributed by atoms with Gasteiger partial charge in [-0.25, -0.2) is 0 Å². The normalized spacial score (nSPS) is 11.2. The van der Waals surface area contributed by atoms with Gasteiger partial charge >= 0.3 is 0 Å². The molecule has 14 heavy (non-hydrogen) atoms. The van der Waals surface area contributed by atoms with Gasteiger partial charge in [-0.3, -0.25) is 5.10 Å². The first-order valence-electron chi connectivity index (χ1n) is 5.32. The van der Waals surface area contributed by atoms with E-state index in [0.717, 1.165) is 31.1 Å². The van der Waals surface area contributed by atoms with Gasteiger partial charge in [0.15, 0.2) is 0 Å². The van der Waals surface area contributed by atoms with Crippen LogP contribution in [0.4, 0.5) is 0 Å². The molecule has 1 aromatic rings. The Kier molecular flexibility index (Phi) is 4.14. The van der Waals surface area contributed by atoms with Crippen molar-refractivity contribution in [2.45, 2.75) is 34.1 Å². The molecule has 0 unspecified atom stereocenters. The molecular formula is C11H21N3. The Hall–Kier alpha value is -0.830. The van der Waals surface area contributed by atoms with Crippen molar-refractivity contribution in [2.75, 3.05) is 13.1 Å². The van der Waals surface area contributed by atoms with E-state index in [4.69, 9.17) is 0 Å². The van der Waals surface area contributed by atoms with Gasteiger partial charge in [-0.05, 0) is 44.8 Å². The number of aromatic amines is 1. The number of nitrogens with one attached hydrogen (secondary N) is 2. The summed E-state index contributed by atoms with van der Waals surface area (Å²) in [5.74, 6) is 0.724. The van der Waals surface area contributed by atoms with Crippen molar-refractivity contribution in [3.63, 3.8) is 0 Å². The molecule has 0 atom stereocenters. The van der Waals surface area contributed by atoms with Gasteiger partial charge in [-0.2, -0.15) is 5.10 Å². The summed E-state index contributed by atoms with van der Waals surface area (Å²) in [7, 11) is 0. The van der Waals surface area contributed by atoms with Crippen LogP contribution in [-0.2, 0) is 6.42 Å². The first kappa shape index (κ1) is 11.2. The molecule has 1 rings (SSSR count). The second-order valence-corrected chi connectivity index (χ2v) is 4.26. The van der Waals surface area contributed by atoms with Gasteiger partial charge in [-0.1, -0.05) is 13.8 Å². The molecule has 0 amide bonds. The third-order valence-electron chi connectivity index (χ3n) is 2.39. The Morgan fingerprint density at radius 1 is 1.36 bits per heavy atom. The van der Waals surface area contributed by atoms with Crippen LogP contribution in [0.1, 0.15) is 30.8 Å². The van der Waals surface area contributed by atoms with Crippen molar-refractivity contribution < 1.29 is 0 Å². The van der Waals surface area contributed by atoms with Crippen LogP contribution in [0.5, 0.6) is 0 Å². The molecular weight excluding hydrogens is 174 g/mol. The molecule has 0 spiro atoms. The maximum absolute atomic E-state index is 4.18. The highest BCUT2D eigenvalue weighted by Crippen LogP contribution is 2.08. The van der Waals surface area contributed by atoms with Gasteiger partial charge in [0.25, 0.3) is 0 Å². The van der Waals surface area contributed by atoms with Crippen LogP contribution in [0, 0.1) is 19.8 Å². The Balaban J connectivity index is 2.31. The average Bonchev–Trinajstić information content (AvgIpc) is 2.42. The molecule has 3 heteroatoms. The highest BCUT2D eigenvalue weighted by molar-refractivity contribution is 5.23. The van der Waals surface area contributed by atoms with E-state index in [1.807, 2.05) is 0 Å². The fourth-order valence-electron chi connectivity index (χ4n) is 1.55. The second-order valence-electron chi connectivity index (χ2n) is 4.26. The molecule has 0 bridgehead atoms. The van der Waals surface area contributed by atoms with Crippen molar-refractivity contribution in [1.29, 1.82) is 0 Å². The number of rotatable bonds is 5. The van der Waals surface area contributed by atoms with E-state index < -0.39 is 0 Å².